The highest BCUT2D eigenvalue weighted by Crippen LogP contribution is 2.85. The molecule has 52 heavy (non-hydrogen) atoms. The van der Waals surface area contributed by atoms with Crippen LogP contribution in [0.1, 0.15) is 86.5 Å². The van der Waals surface area contributed by atoms with Crippen LogP contribution in [0.5, 0.6) is 0 Å². The minimum atomic E-state index is -1.13. The number of fused-ring (bicyclic) bond motifs is 2. The number of hydrogen-bond acceptors (Lipinski definition) is 11. The Morgan fingerprint density at radius 1 is 0.981 bits per heavy atom. The minimum absolute atomic E-state index is 0.0437. The van der Waals surface area contributed by atoms with Gasteiger partial charge in [0.25, 0.3) is 0 Å². The number of carbonyl (C=O) groups is 2. The summed E-state index contributed by atoms with van der Waals surface area (Å²) >= 11 is 0. The summed E-state index contributed by atoms with van der Waals surface area (Å²) in [6.07, 6.45) is 10.5. The average molecular weight is 730 g/mol. The molecule has 0 radical (unpaired) electrons. The molecule has 0 aromatic heterocycles. The van der Waals surface area contributed by atoms with Gasteiger partial charge in [-0.25, -0.2) is 4.79 Å². The summed E-state index contributed by atoms with van der Waals surface area (Å²) in [5.74, 6) is 0.462. The number of likely N-dealkylation sites (tertiary alicyclic amines) is 1. The molecule has 2 heterocycles. The summed E-state index contributed by atoms with van der Waals surface area (Å²) in [6, 6.07) is 0.292. The van der Waals surface area contributed by atoms with Gasteiger partial charge >= 0.3 is 6.16 Å². The number of ether oxygens (including phenoxy) is 7. The number of piperidine rings is 1. The SMILES string of the molecule is COCCOCCOCCOCCOC(=O)OC1C=CC2=C3C1(C)O[C@@]1(C)[C@]34CCN(CC3CC3)[C@H](C2)[C@]42CC[C@@]1(C=O)[C@@H]([C@](C)(O)C(C)(C)C)C2. The molecule has 0 amide bonds. The Morgan fingerprint density at radius 2 is 1.63 bits per heavy atom. The van der Waals surface area contributed by atoms with Crippen molar-refractivity contribution in [2.24, 2.45) is 33.5 Å². The van der Waals surface area contributed by atoms with Gasteiger partial charge in [0.2, 0.25) is 0 Å². The zero-order valence-electron chi connectivity index (χ0n) is 32.6. The largest absolute Gasteiger partial charge is 0.509 e. The Hall–Kier alpha value is -1.86. The summed E-state index contributed by atoms with van der Waals surface area (Å²) in [5.41, 5.74) is -2.56. The molecule has 2 unspecified atom stereocenters. The van der Waals surface area contributed by atoms with E-state index in [1.807, 2.05) is 13.0 Å². The molecule has 11 heteroatoms. The first-order chi connectivity index (χ1) is 24.7. The highest BCUT2D eigenvalue weighted by molar-refractivity contribution is 5.70. The van der Waals surface area contributed by atoms with Crippen molar-refractivity contribution in [2.45, 2.75) is 115 Å². The first-order valence-electron chi connectivity index (χ1n) is 19.8. The quantitative estimate of drug-likeness (QED) is 0.120. The molecule has 1 N–H and O–H groups in total. The maximum Gasteiger partial charge on any atom is 0.509 e. The van der Waals surface area contributed by atoms with E-state index in [9.17, 15) is 14.7 Å². The lowest BCUT2D eigenvalue weighted by Gasteiger charge is -2.78. The van der Waals surface area contributed by atoms with Gasteiger partial charge < -0.3 is 43.1 Å². The third kappa shape index (κ3) is 5.53. The topological polar surface area (TPSA) is 122 Å². The van der Waals surface area contributed by atoms with Crippen LogP contribution in [0.2, 0.25) is 0 Å². The highest BCUT2D eigenvalue weighted by Gasteiger charge is 2.88. The Labute approximate surface area is 310 Å². The van der Waals surface area contributed by atoms with Crippen molar-refractivity contribution in [1.82, 2.24) is 4.90 Å². The first-order valence-corrected chi connectivity index (χ1v) is 19.8. The molecule has 0 aromatic rings. The zero-order chi connectivity index (χ0) is 37.2. The maximum absolute atomic E-state index is 13.9. The van der Waals surface area contributed by atoms with E-state index < -0.39 is 45.3 Å². The summed E-state index contributed by atoms with van der Waals surface area (Å²) < 4.78 is 40.6. The molecule has 4 bridgehead atoms. The second kappa shape index (κ2) is 13.7. The molecule has 292 valence electrons. The number of nitrogens with zero attached hydrogens (tertiary/aromatic N) is 1. The van der Waals surface area contributed by atoms with Crippen molar-refractivity contribution in [3.05, 3.63) is 23.3 Å². The van der Waals surface area contributed by atoms with Crippen LogP contribution in [-0.4, -0.2) is 124 Å². The smallest absolute Gasteiger partial charge is 0.432 e. The van der Waals surface area contributed by atoms with E-state index in [1.54, 1.807) is 7.11 Å². The van der Waals surface area contributed by atoms with E-state index in [4.69, 9.17) is 33.2 Å². The number of aldehydes is 1. The fourth-order valence-electron chi connectivity index (χ4n) is 12.1. The molecule has 8 aliphatic rings. The normalized spacial score (nSPS) is 40.0. The third-order valence-electron chi connectivity index (χ3n) is 15.1. The van der Waals surface area contributed by atoms with Gasteiger partial charge in [-0.15, -0.1) is 0 Å². The van der Waals surface area contributed by atoms with Gasteiger partial charge in [0.1, 0.15) is 18.5 Å². The second-order valence-corrected chi connectivity index (χ2v) is 18.3. The maximum atomic E-state index is 13.9. The lowest BCUT2D eigenvalue weighted by Crippen LogP contribution is -2.82. The summed E-state index contributed by atoms with van der Waals surface area (Å²) in [5, 5.41) is 12.6. The van der Waals surface area contributed by atoms with Crippen molar-refractivity contribution in [3.63, 3.8) is 0 Å². The molecule has 4 saturated carbocycles. The van der Waals surface area contributed by atoms with Gasteiger partial charge in [-0.05, 0) is 106 Å². The van der Waals surface area contributed by atoms with Gasteiger partial charge in [0, 0.05) is 31.0 Å². The standard InChI is InChI=1S/C41H63NO10/c1-35(2,3)37(5,45)30-25-39-12-13-40(30,27-43)38(6)41(39)14-15-42(26-28-8-9-28)31(39)24-29-10-11-32(36(4,52-38)33(29)41)51-34(44)50-23-22-49-21-20-48-19-18-47-17-16-46-7/h10-11,27-28,30-32,45H,8-9,12-26H2,1-7H3/t30-,31-,32?,36?,37+,38-,39-,40-,41+/m1/s1. The molecule has 2 saturated heterocycles. The van der Waals surface area contributed by atoms with Crippen molar-refractivity contribution in [1.29, 1.82) is 0 Å². The van der Waals surface area contributed by atoms with Crippen LogP contribution in [0.25, 0.3) is 0 Å². The van der Waals surface area contributed by atoms with Crippen molar-refractivity contribution in [2.75, 3.05) is 73.1 Å². The van der Waals surface area contributed by atoms with Crippen LogP contribution in [-0.2, 0) is 38.0 Å². The molecule has 8 rings (SSSR count). The van der Waals surface area contributed by atoms with Gasteiger partial charge in [-0.1, -0.05) is 26.8 Å². The van der Waals surface area contributed by atoms with Crippen LogP contribution >= 0.6 is 0 Å². The third-order valence-corrected chi connectivity index (χ3v) is 15.1. The molecular weight excluding hydrogens is 666 g/mol. The van der Waals surface area contributed by atoms with Gasteiger partial charge in [-0.3, -0.25) is 4.90 Å². The number of carbonyl (C=O) groups excluding carboxylic acids is 2. The molecule has 6 aliphatic carbocycles. The highest BCUT2D eigenvalue weighted by atomic mass is 16.7. The fraction of sp³-hybridized carbons (Fsp3) is 0.854. The fourth-order valence-corrected chi connectivity index (χ4v) is 12.1. The van der Waals surface area contributed by atoms with Crippen LogP contribution in [0.4, 0.5) is 4.79 Å². The van der Waals surface area contributed by atoms with E-state index in [2.05, 4.69) is 45.6 Å². The Morgan fingerprint density at radius 3 is 2.25 bits per heavy atom. The van der Waals surface area contributed by atoms with E-state index in [1.165, 1.54) is 24.0 Å². The molecule has 2 aliphatic heterocycles. The number of allylic oxidation sites excluding steroid dienone is 1. The van der Waals surface area contributed by atoms with Crippen LogP contribution in [0, 0.1) is 33.5 Å². The Balaban J connectivity index is 1.11. The predicted molar refractivity (Wildman–Crippen MR) is 193 cm³/mol. The van der Waals surface area contributed by atoms with Gasteiger partial charge in [-0.2, -0.15) is 0 Å². The molecular formula is C41H63NO10. The minimum Gasteiger partial charge on any atom is -0.432 e. The Kier molecular flexibility index (Phi) is 10.1. The number of aliphatic hydroxyl groups is 1. The lowest BCUT2D eigenvalue weighted by molar-refractivity contribution is -0.333. The average Bonchev–Trinajstić information content (AvgIpc) is 3.87. The number of hydrogen-bond donors (Lipinski definition) is 1. The number of methoxy groups -OCH3 is 1. The Bertz CT molecular complexity index is 1430. The van der Waals surface area contributed by atoms with Crippen molar-refractivity contribution >= 4 is 12.4 Å². The van der Waals surface area contributed by atoms with Crippen LogP contribution < -0.4 is 0 Å². The predicted octanol–water partition coefficient (Wildman–Crippen LogP) is 5.28. The van der Waals surface area contributed by atoms with Crippen molar-refractivity contribution < 1.29 is 47.9 Å². The van der Waals surface area contributed by atoms with E-state index >= 15 is 0 Å². The molecule has 9 atom stereocenters. The lowest BCUT2D eigenvalue weighted by atomic mass is 9.27. The van der Waals surface area contributed by atoms with E-state index in [-0.39, 0.29) is 24.5 Å². The van der Waals surface area contributed by atoms with E-state index in [0.717, 1.165) is 51.0 Å². The van der Waals surface area contributed by atoms with Crippen molar-refractivity contribution in [3.8, 4) is 0 Å². The molecule has 6 fully saturated rings. The molecule has 2 spiro atoms. The molecule has 11 nitrogen and oxygen atoms in total. The van der Waals surface area contributed by atoms with Crippen LogP contribution in [0.3, 0.4) is 0 Å². The van der Waals surface area contributed by atoms with Gasteiger partial charge in [0.05, 0.1) is 62.9 Å². The molecule has 0 aromatic carbocycles. The summed E-state index contributed by atoms with van der Waals surface area (Å²) in [6.45, 7) is 17.6. The summed E-state index contributed by atoms with van der Waals surface area (Å²) in [4.78, 5) is 30.0. The van der Waals surface area contributed by atoms with Gasteiger partial charge in [0.15, 0.2) is 6.10 Å². The van der Waals surface area contributed by atoms with Crippen LogP contribution in [0.15, 0.2) is 23.3 Å². The zero-order valence-corrected chi connectivity index (χ0v) is 32.6. The monoisotopic (exact) mass is 729 g/mol. The van der Waals surface area contributed by atoms with E-state index in [0.29, 0.717) is 52.1 Å². The second-order valence-electron chi connectivity index (χ2n) is 18.3. The first kappa shape index (κ1) is 38.4. The number of rotatable bonds is 17. The summed E-state index contributed by atoms with van der Waals surface area (Å²) in [7, 11) is 1.63.